The number of fused-ring (bicyclic) bond motifs is 1. The van der Waals surface area contributed by atoms with Crippen molar-refractivity contribution in [3.63, 3.8) is 0 Å². The van der Waals surface area contributed by atoms with E-state index in [-0.39, 0.29) is 11.5 Å². The first kappa shape index (κ1) is 8.68. The molecule has 0 fully saturated rings. The zero-order valence-electron chi connectivity index (χ0n) is 6.95. The highest BCUT2D eigenvalue weighted by molar-refractivity contribution is 14.1. The predicted molar refractivity (Wildman–Crippen MR) is 59.0 cm³/mol. The normalized spacial score (nSPS) is 10.9. The maximum atomic E-state index is 9.29. The molecule has 0 aliphatic heterocycles. The van der Waals surface area contributed by atoms with Gasteiger partial charge in [-0.3, -0.25) is 0 Å². The highest BCUT2D eigenvalue weighted by Gasteiger charge is 2.07. The molecule has 2 rings (SSSR count). The van der Waals surface area contributed by atoms with Gasteiger partial charge in [0.15, 0.2) is 11.5 Å². The molecule has 1 heterocycles. The maximum Gasteiger partial charge on any atom is 0.159 e. The molecule has 0 amide bonds. The van der Waals surface area contributed by atoms with E-state index in [0.717, 1.165) is 14.6 Å². The number of aryl methyl sites for hydroxylation is 1. The minimum Gasteiger partial charge on any atom is -0.504 e. The number of hydrogen-bond acceptors (Lipinski definition) is 2. The molecule has 2 aromatic rings. The molecule has 0 radical (unpaired) electrons. The van der Waals surface area contributed by atoms with Crippen molar-refractivity contribution in [2.75, 3.05) is 0 Å². The average molecular weight is 289 g/mol. The Morgan fingerprint density at radius 2 is 1.77 bits per heavy atom. The van der Waals surface area contributed by atoms with Crippen molar-refractivity contribution in [2.24, 2.45) is 7.05 Å². The van der Waals surface area contributed by atoms with Gasteiger partial charge in [0.1, 0.15) is 0 Å². The zero-order chi connectivity index (χ0) is 9.59. The van der Waals surface area contributed by atoms with Gasteiger partial charge in [0.05, 0.1) is 9.22 Å². The third-order valence-electron chi connectivity index (χ3n) is 2.08. The fourth-order valence-electron chi connectivity index (χ4n) is 1.33. The van der Waals surface area contributed by atoms with Crippen molar-refractivity contribution in [2.45, 2.75) is 0 Å². The fraction of sp³-hybridized carbons (Fsp3) is 0.111. The average Bonchev–Trinajstić information content (AvgIpc) is 2.32. The van der Waals surface area contributed by atoms with Crippen LogP contribution in [-0.2, 0) is 7.05 Å². The Morgan fingerprint density at radius 3 is 2.46 bits per heavy atom. The molecule has 0 bridgehead atoms. The number of phenolic OH excluding ortho intramolecular Hbond substituents is 2. The van der Waals surface area contributed by atoms with E-state index >= 15 is 0 Å². The molecule has 2 N–H and O–H groups in total. The van der Waals surface area contributed by atoms with E-state index in [0.29, 0.717) is 0 Å². The van der Waals surface area contributed by atoms with Gasteiger partial charge in [0.2, 0.25) is 0 Å². The Morgan fingerprint density at radius 1 is 1.15 bits per heavy atom. The van der Waals surface area contributed by atoms with Gasteiger partial charge in [0.25, 0.3) is 0 Å². The van der Waals surface area contributed by atoms with Gasteiger partial charge in [-0.15, -0.1) is 0 Å². The molecule has 0 saturated carbocycles. The molecule has 0 aliphatic carbocycles. The second-order valence-electron chi connectivity index (χ2n) is 2.93. The summed E-state index contributed by atoms with van der Waals surface area (Å²) in [5.41, 5.74) is 0.916. The second kappa shape index (κ2) is 2.80. The maximum absolute atomic E-state index is 9.29. The first-order chi connectivity index (χ1) is 6.09. The van der Waals surface area contributed by atoms with Crippen molar-refractivity contribution in [3.8, 4) is 11.5 Å². The Labute approximate surface area is 88.7 Å². The number of nitrogens with zero attached hydrogens (tertiary/aromatic N) is 1. The van der Waals surface area contributed by atoms with Crippen molar-refractivity contribution in [3.05, 3.63) is 21.9 Å². The number of hydrogen-bond donors (Lipinski definition) is 2. The van der Waals surface area contributed by atoms with E-state index in [1.54, 1.807) is 12.1 Å². The first-order valence-electron chi connectivity index (χ1n) is 3.76. The zero-order valence-corrected chi connectivity index (χ0v) is 9.11. The monoisotopic (exact) mass is 289 g/mol. The summed E-state index contributed by atoms with van der Waals surface area (Å²) in [6.07, 6.45) is 0. The minimum atomic E-state index is -0.0786. The number of rotatable bonds is 0. The summed E-state index contributed by atoms with van der Waals surface area (Å²) in [7, 11) is 1.92. The molecule has 3 nitrogen and oxygen atoms in total. The Bertz CT molecular complexity index is 476. The van der Waals surface area contributed by atoms with E-state index in [1.165, 1.54) is 0 Å². The van der Waals surface area contributed by atoms with Crippen LogP contribution in [0.3, 0.4) is 0 Å². The van der Waals surface area contributed by atoms with Crippen LogP contribution in [-0.4, -0.2) is 14.8 Å². The Hall–Kier alpha value is -0.910. The van der Waals surface area contributed by atoms with Crippen molar-refractivity contribution in [1.82, 2.24) is 4.57 Å². The summed E-state index contributed by atoms with van der Waals surface area (Å²) in [4.78, 5) is 0. The highest BCUT2D eigenvalue weighted by atomic mass is 127. The molecule has 0 unspecified atom stereocenters. The second-order valence-corrected chi connectivity index (χ2v) is 4.03. The lowest BCUT2D eigenvalue weighted by Gasteiger charge is -2.00. The molecule has 1 aromatic heterocycles. The van der Waals surface area contributed by atoms with Crippen molar-refractivity contribution in [1.29, 1.82) is 0 Å². The number of aromatic hydroxyl groups is 2. The van der Waals surface area contributed by atoms with Gasteiger partial charge >= 0.3 is 0 Å². The lowest BCUT2D eigenvalue weighted by molar-refractivity contribution is 0.404. The summed E-state index contributed by atoms with van der Waals surface area (Å²) in [6, 6.07) is 5.08. The number of aromatic nitrogens is 1. The summed E-state index contributed by atoms with van der Waals surface area (Å²) in [5, 5.41) is 19.5. The summed E-state index contributed by atoms with van der Waals surface area (Å²) in [5.74, 6) is -0.153. The third kappa shape index (κ3) is 1.25. The van der Waals surface area contributed by atoms with Gasteiger partial charge in [-0.05, 0) is 34.7 Å². The summed E-state index contributed by atoms with van der Waals surface area (Å²) < 4.78 is 3.02. The molecular weight excluding hydrogens is 281 g/mol. The van der Waals surface area contributed by atoms with Crippen molar-refractivity contribution >= 4 is 33.5 Å². The number of halogens is 1. The largest absolute Gasteiger partial charge is 0.504 e. The molecule has 0 saturated heterocycles. The lowest BCUT2D eigenvalue weighted by atomic mass is 10.2. The quantitative estimate of drug-likeness (QED) is 0.577. The predicted octanol–water partition coefficient (Wildman–Crippen LogP) is 2.19. The van der Waals surface area contributed by atoms with E-state index in [4.69, 9.17) is 0 Å². The smallest absolute Gasteiger partial charge is 0.159 e. The van der Waals surface area contributed by atoms with Crippen LogP contribution in [0.4, 0.5) is 0 Å². The van der Waals surface area contributed by atoms with Crippen LogP contribution in [0.1, 0.15) is 0 Å². The van der Waals surface area contributed by atoms with Gasteiger partial charge < -0.3 is 14.8 Å². The molecule has 13 heavy (non-hydrogen) atoms. The van der Waals surface area contributed by atoms with Gasteiger partial charge in [-0.25, -0.2) is 0 Å². The van der Waals surface area contributed by atoms with Crippen LogP contribution in [0.2, 0.25) is 0 Å². The molecular formula is C9H8INO2. The van der Waals surface area contributed by atoms with E-state index in [9.17, 15) is 10.2 Å². The molecule has 0 atom stereocenters. The number of benzene rings is 1. The van der Waals surface area contributed by atoms with Crippen LogP contribution in [0.15, 0.2) is 18.2 Å². The van der Waals surface area contributed by atoms with Crippen LogP contribution in [0.5, 0.6) is 11.5 Å². The van der Waals surface area contributed by atoms with E-state index < -0.39 is 0 Å². The van der Waals surface area contributed by atoms with Crippen molar-refractivity contribution < 1.29 is 10.2 Å². The lowest BCUT2D eigenvalue weighted by Crippen LogP contribution is -1.88. The van der Waals surface area contributed by atoms with Gasteiger partial charge in [-0.1, -0.05) is 0 Å². The fourth-order valence-corrected chi connectivity index (χ4v) is 1.92. The van der Waals surface area contributed by atoms with Crippen LogP contribution in [0.25, 0.3) is 10.9 Å². The van der Waals surface area contributed by atoms with E-state index in [2.05, 4.69) is 22.6 Å². The molecule has 1 aromatic carbocycles. The van der Waals surface area contributed by atoms with Gasteiger partial charge in [-0.2, -0.15) is 0 Å². The summed E-state index contributed by atoms with van der Waals surface area (Å²) in [6.45, 7) is 0. The SMILES string of the molecule is Cn1c(I)cc2cc(O)c(O)cc21. The van der Waals surface area contributed by atoms with E-state index in [1.807, 2.05) is 17.7 Å². The Kier molecular flexibility index (Phi) is 1.87. The standard InChI is InChI=1S/C9H8INO2/c1-11-6-4-8(13)7(12)2-5(6)3-9(11)10/h2-4,12-13H,1H3. The molecule has 0 aliphatic rings. The molecule has 4 heteroatoms. The Balaban J connectivity index is 2.89. The molecule has 0 spiro atoms. The van der Waals surface area contributed by atoms with Crippen LogP contribution in [0, 0.1) is 3.70 Å². The third-order valence-corrected chi connectivity index (χ3v) is 3.12. The summed E-state index contributed by atoms with van der Waals surface area (Å²) >= 11 is 2.20. The first-order valence-corrected chi connectivity index (χ1v) is 4.84. The van der Waals surface area contributed by atoms with Crippen LogP contribution < -0.4 is 0 Å². The topological polar surface area (TPSA) is 45.4 Å². The highest BCUT2D eigenvalue weighted by Crippen LogP contribution is 2.31. The van der Waals surface area contributed by atoms with Gasteiger partial charge in [0, 0.05) is 18.5 Å². The number of phenols is 2. The minimum absolute atomic E-state index is 0.0745. The van der Waals surface area contributed by atoms with Crippen LogP contribution >= 0.6 is 22.6 Å². The molecule has 68 valence electrons.